The monoisotopic (exact) mass is 401 g/mol. The predicted molar refractivity (Wildman–Crippen MR) is 106 cm³/mol. The minimum Gasteiger partial charge on any atom is -0.483 e. The predicted octanol–water partition coefficient (Wildman–Crippen LogP) is 2.63. The van der Waals surface area contributed by atoms with Gasteiger partial charge in [0, 0.05) is 6.07 Å². The summed E-state index contributed by atoms with van der Waals surface area (Å²) >= 11 is 0. The van der Waals surface area contributed by atoms with E-state index in [2.05, 4.69) is 10.9 Å². The number of nitro groups is 1. The Kier molecular flexibility index (Phi) is 7.53. The van der Waals surface area contributed by atoms with Gasteiger partial charge in [-0.15, -0.1) is 0 Å². The van der Waals surface area contributed by atoms with Gasteiger partial charge in [0.05, 0.1) is 4.92 Å². The molecule has 2 N–H and O–H groups in total. The third-order valence-corrected chi connectivity index (χ3v) is 3.91. The summed E-state index contributed by atoms with van der Waals surface area (Å²) in [7, 11) is 0. The van der Waals surface area contributed by atoms with Crippen LogP contribution >= 0.6 is 0 Å². The van der Waals surface area contributed by atoms with Crippen LogP contribution < -0.4 is 20.3 Å². The van der Waals surface area contributed by atoms with E-state index in [4.69, 9.17) is 9.47 Å². The second-order valence-corrected chi connectivity index (χ2v) is 6.59. The number of benzene rings is 2. The van der Waals surface area contributed by atoms with Crippen molar-refractivity contribution in [2.75, 3.05) is 13.2 Å². The summed E-state index contributed by atoms with van der Waals surface area (Å²) in [5, 5.41) is 10.9. The standard InChI is InChI=1S/C20H23N3O6/c1-13(2)15-9-8-14(3)10-18(15)29-12-20(25)22-21-19(24)11-28-17-7-5-4-6-16(17)23(26)27/h4-10,13H,11-12H2,1-3H3,(H,21,24)(H,22,25). The minimum absolute atomic E-state index is 0.0389. The first-order valence-corrected chi connectivity index (χ1v) is 8.95. The Hall–Kier alpha value is -3.62. The van der Waals surface area contributed by atoms with Gasteiger partial charge in [-0.05, 0) is 36.1 Å². The van der Waals surface area contributed by atoms with Gasteiger partial charge in [0.1, 0.15) is 5.75 Å². The van der Waals surface area contributed by atoms with Crippen LogP contribution in [0.15, 0.2) is 42.5 Å². The maximum atomic E-state index is 11.9. The maximum absolute atomic E-state index is 11.9. The zero-order valence-corrected chi connectivity index (χ0v) is 16.4. The highest BCUT2D eigenvalue weighted by Crippen LogP contribution is 2.27. The first-order chi connectivity index (χ1) is 13.8. The summed E-state index contributed by atoms with van der Waals surface area (Å²) in [4.78, 5) is 34.0. The number of aryl methyl sites for hydroxylation is 1. The Bertz CT molecular complexity index is 898. The highest BCUT2D eigenvalue weighted by Gasteiger charge is 2.15. The first-order valence-electron chi connectivity index (χ1n) is 8.95. The fraction of sp³-hybridized carbons (Fsp3) is 0.300. The van der Waals surface area contributed by atoms with Crippen molar-refractivity contribution in [3.8, 4) is 11.5 Å². The molecular formula is C20H23N3O6. The minimum atomic E-state index is -0.671. The molecule has 0 heterocycles. The van der Waals surface area contributed by atoms with Crippen molar-refractivity contribution in [3.05, 3.63) is 63.7 Å². The average molecular weight is 401 g/mol. The van der Waals surface area contributed by atoms with Gasteiger partial charge in [-0.3, -0.25) is 30.6 Å². The zero-order valence-electron chi connectivity index (χ0n) is 16.4. The van der Waals surface area contributed by atoms with E-state index in [9.17, 15) is 19.7 Å². The molecule has 0 aromatic heterocycles. The van der Waals surface area contributed by atoms with E-state index in [1.807, 2.05) is 39.0 Å². The molecule has 0 fully saturated rings. The van der Waals surface area contributed by atoms with E-state index in [1.54, 1.807) is 6.07 Å². The van der Waals surface area contributed by atoms with Crippen molar-refractivity contribution >= 4 is 17.5 Å². The van der Waals surface area contributed by atoms with Crippen LogP contribution in [0.2, 0.25) is 0 Å². The molecule has 0 spiro atoms. The van der Waals surface area contributed by atoms with Crippen LogP contribution in [0.4, 0.5) is 5.69 Å². The first kappa shape index (κ1) is 21.7. The number of ether oxygens (including phenoxy) is 2. The molecule has 9 heteroatoms. The van der Waals surface area contributed by atoms with Crippen LogP contribution in [0.1, 0.15) is 30.9 Å². The molecule has 0 aliphatic heterocycles. The Morgan fingerprint density at radius 3 is 2.17 bits per heavy atom. The van der Waals surface area contributed by atoms with Gasteiger partial charge in [-0.1, -0.05) is 38.1 Å². The molecule has 154 valence electrons. The SMILES string of the molecule is Cc1ccc(C(C)C)c(OCC(=O)NNC(=O)COc2ccccc2[N+](=O)[O-])c1. The van der Waals surface area contributed by atoms with Crippen molar-refractivity contribution in [2.45, 2.75) is 26.7 Å². The lowest BCUT2D eigenvalue weighted by atomic mass is 10.0. The Labute approximate surface area is 168 Å². The van der Waals surface area contributed by atoms with Gasteiger partial charge in [0.15, 0.2) is 19.0 Å². The molecule has 2 aromatic rings. The van der Waals surface area contributed by atoms with E-state index in [-0.39, 0.29) is 24.0 Å². The normalized spacial score (nSPS) is 10.3. The van der Waals surface area contributed by atoms with E-state index < -0.39 is 23.3 Å². The second-order valence-electron chi connectivity index (χ2n) is 6.59. The van der Waals surface area contributed by atoms with Crippen molar-refractivity contribution in [1.29, 1.82) is 0 Å². The van der Waals surface area contributed by atoms with Gasteiger partial charge in [-0.25, -0.2) is 0 Å². The summed E-state index contributed by atoms with van der Waals surface area (Å²) in [6.45, 7) is 5.19. The van der Waals surface area contributed by atoms with Gasteiger partial charge < -0.3 is 9.47 Å². The summed E-state index contributed by atoms with van der Waals surface area (Å²) in [5.74, 6) is -0.424. The second kappa shape index (κ2) is 10.1. The third kappa shape index (κ3) is 6.49. The highest BCUT2D eigenvalue weighted by atomic mass is 16.6. The highest BCUT2D eigenvalue weighted by molar-refractivity contribution is 5.83. The van der Waals surface area contributed by atoms with E-state index in [0.29, 0.717) is 5.75 Å². The number of nitrogens with one attached hydrogen (secondary N) is 2. The summed E-state index contributed by atoms with van der Waals surface area (Å²) < 4.78 is 10.7. The zero-order chi connectivity index (χ0) is 21.4. The molecule has 0 atom stereocenters. The van der Waals surface area contributed by atoms with Gasteiger partial charge in [-0.2, -0.15) is 0 Å². The Morgan fingerprint density at radius 2 is 1.59 bits per heavy atom. The summed E-state index contributed by atoms with van der Waals surface area (Å²) in [6.07, 6.45) is 0. The molecule has 2 rings (SSSR count). The number of amides is 2. The molecule has 2 aromatic carbocycles. The van der Waals surface area contributed by atoms with Gasteiger partial charge in [0.25, 0.3) is 11.8 Å². The molecule has 29 heavy (non-hydrogen) atoms. The third-order valence-electron chi connectivity index (χ3n) is 3.91. The smallest absolute Gasteiger partial charge is 0.310 e. The van der Waals surface area contributed by atoms with E-state index in [0.717, 1.165) is 11.1 Å². The number of carbonyl (C=O) groups is 2. The van der Waals surface area contributed by atoms with Crippen LogP contribution in [-0.2, 0) is 9.59 Å². The van der Waals surface area contributed by atoms with Crippen LogP contribution in [0.3, 0.4) is 0 Å². The summed E-state index contributed by atoms with van der Waals surface area (Å²) in [5.41, 5.74) is 6.11. The quantitative estimate of drug-likeness (QED) is 0.518. The lowest BCUT2D eigenvalue weighted by Crippen LogP contribution is -2.45. The number of nitrogens with zero attached hydrogens (tertiary/aromatic N) is 1. The fourth-order valence-corrected chi connectivity index (χ4v) is 2.47. The molecule has 0 unspecified atom stereocenters. The topological polar surface area (TPSA) is 120 Å². The molecule has 0 saturated carbocycles. The molecular weight excluding hydrogens is 378 g/mol. The number of carbonyl (C=O) groups excluding carboxylic acids is 2. The Balaban J connectivity index is 1.80. The number of hydrogen-bond acceptors (Lipinski definition) is 6. The fourth-order valence-electron chi connectivity index (χ4n) is 2.47. The van der Waals surface area contributed by atoms with Gasteiger partial charge >= 0.3 is 5.69 Å². The van der Waals surface area contributed by atoms with Crippen molar-refractivity contribution in [2.24, 2.45) is 0 Å². The summed E-state index contributed by atoms with van der Waals surface area (Å²) in [6, 6.07) is 11.5. The average Bonchev–Trinajstić information content (AvgIpc) is 2.69. The molecule has 0 radical (unpaired) electrons. The van der Waals surface area contributed by atoms with Crippen LogP contribution in [0.25, 0.3) is 0 Å². The van der Waals surface area contributed by atoms with E-state index in [1.165, 1.54) is 18.2 Å². The molecule has 0 bridgehead atoms. The van der Waals surface area contributed by atoms with Crippen molar-refractivity contribution in [3.63, 3.8) is 0 Å². The molecule has 0 saturated heterocycles. The Morgan fingerprint density at radius 1 is 1.00 bits per heavy atom. The van der Waals surface area contributed by atoms with Crippen LogP contribution in [-0.4, -0.2) is 30.0 Å². The largest absolute Gasteiger partial charge is 0.483 e. The molecule has 9 nitrogen and oxygen atoms in total. The van der Waals surface area contributed by atoms with Crippen molar-refractivity contribution < 1.29 is 24.0 Å². The maximum Gasteiger partial charge on any atom is 0.310 e. The molecule has 0 aliphatic carbocycles. The van der Waals surface area contributed by atoms with E-state index >= 15 is 0 Å². The number of hydrazine groups is 1. The van der Waals surface area contributed by atoms with Gasteiger partial charge in [0.2, 0.25) is 0 Å². The number of nitro benzene ring substituents is 1. The number of rotatable bonds is 8. The molecule has 0 aliphatic rings. The molecule has 2 amide bonds. The number of hydrogen-bond donors (Lipinski definition) is 2. The van der Waals surface area contributed by atoms with Crippen LogP contribution in [0.5, 0.6) is 11.5 Å². The lowest BCUT2D eigenvalue weighted by Gasteiger charge is -2.15. The lowest BCUT2D eigenvalue weighted by molar-refractivity contribution is -0.385. The number of para-hydroxylation sites is 2. The van der Waals surface area contributed by atoms with Crippen LogP contribution in [0, 0.1) is 17.0 Å². The van der Waals surface area contributed by atoms with Crippen molar-refractivity contribution in [1.82, 2.24) is 10.9 Å².